The van der Waals surface area contributed by atoms with Gasteiger partial charge < -0.3 is 14.4 Å². The van der Waals surface area contributed by atoms with Crippen LogP contribution in [0.15, 0.2) is 54.2 Å². The van der Waals surface area contributed by atoms with Crippen molar-refractivity contribution in [2.75, 3.05) is 31.7 Å². The molecule has 1 saturated heterocycles. The maximum absolute atomic E-state index is 13.8. The lowest BCUT2D eigenvalue weighted by Crippen LogP contribution is -2.38. The molecule has 4 rings (SSSR count). The van der Waals surface area contributed by atoms with E-state index in [-0.39, 0.29) is 11.8 Å². The van der Waals surface area contributed by atoms with Gasteiger partial charge in [0, 0.05) is 24.7 Å². The summed E-state index contributed by atoms with van der Waals surface area (Å²) in [7, 11) is 1.58. The second-order valence-electron chi connectivity index (χ2n) is 8.38. The molecular weight excluding hydrogens is 404 g/mol. The Hall–Kier alpha value is -3.28. The summed E-state index contributed by atoms with van der Waals surface area (Å²) < 4.78 is 11.3. The molecule has 2 aliphatic heterocycles. The average molecular weight is 435 g/mol. The van der Waals surface area contributed by atoms with Crippen molar-refractivity contribution >= 4 is 23.1 Å². The third-order valence-corrected chi connectivity index (χ3v) is 6.08. The van der Waals surface area contributed by atoms with Crippen LogP contribution in [-0.4, -0.2) is 43.5 Å². The van der Waals surface area contributed by atoms with E-state index < -0.39 is 0 Å². The number of para-hydroxylation sites is 1. The molecule has 0 aromatic heterocycles. The summed E-state index contributed by atoms with van der Waals surface area (Å²) in [4.78, 5) is 30.8. The summed E-state index contributed by atoms with van der Waals surface area (Å²) in [5.41, 5.74) is 2.03. The molecule has 0 spiro atoms. The number of likely N-dealkylation sites (tertiary alicyclic amines) is 1. The number of benzene rings is 2. The fourth-order valence-corrected chi connectivity index (χ4v) is 4.30. The van der Waals surface area contributed by atoms with Crippen LogP contribution in [0.5, 0.6) is 11.5 Å². The minimum atomic E-state index is -0.333. The van der Waals surface area contributed by atoms with Gasteiger partial charge >= 0.3 is 0 Å². The van der Waals surface area contributed by atoms with Crippen LogP contribution in [0.1, 0.15) is 38.7 Å². The third-order valence-electron chi connectivity index (χ3n) is 6.08. The van der Waals surface area contributed by atoms with E-state index in [9.17, 15) is 9.59 Å². The van der Waals surface area contributed by atoms with Crippen LogP contribution in [0.4, 0.5) is 5.69 Å². The first-order chi connectivity index (χ1) is 15.5. The molecule has 6 heteroatoms. The minimum Gasteiger partial charge on any atom is -0.496 e. The lowest BCUT2D eigenvalue weighted by Gasteiger charge is -2.32. The molecule has 2 amide bonds. The molecule has 0 bridgehead atoms. The van der Waals surface area contributed by atoms with Crippen LogP contribution in [-0.2, 0) is 9.59 Å². The topological polar surface area (TPSA) is 59.1 Å². The normalized spacial score (nSPS) is 17.3. The van der Waals surface area contributed by atoms with Gasteiger partial charge in [-0.15, -0.1) is 0 Å². The Bertz CT molecular complexity index is 1040. The van der Waals surface area contributed by atoms with Gasteiger partial charge in [0.05, 0.1) is 25.0 Å². The number of imide groups is 1. The fourth-order valence-electron chi connectivity index (χ4n) is 4.30. The van der Waals surface area contributed by atoms with Gasteiger partial charge in [-0.05, 0) is 43.4 Å². The van der Waals surface area contributed by atoms with Gasteiger partial charge in [0.2, 0.25) is 0 Å². The number of amides is 2. The Morgan fingerprint density at radius 2 is 1.75 bits per heavy atom. The first-order valence-electron chi connectivity index (χ1n) is 11.3. The number of rotatable bonds is 7. The number of carbonyl (C=O) groups excluding carboxylic acids is 2. The van der Waals surface area contributed by atoms with E-state index in [4.69, 9.17) is 9.47 Å². The number of nitrogens with zero attached hydrogens (tertiary/aromatic N) is 2. The van der Waals surface area contributed by atoms with E-state index in [0.29, 0.717) is 46.5 Å². The molecule has 0 N–H and O–H groups in total. The minimum absolute atomic E-state index is 0.293. The van der Waals surface area contributed by atoms with Crippen molar-refractivity contribution in [1.29, 1.82) is 0 Å². The van der Waals surface area contributed by atoms with Crippen LogP contribution in [0.3, 0.4) is 0 Å². The molecule has 2 heterocycles. The Morgan fingerprint density at radius 1 is 1.00 bits per heavy atom. The molecule has 32 heavy (non-hydrogen) atoms. The Morgan fingerprint density at radius 3 is 2.47 bits per heavy atom. The first kappa shape index (κ1) is 21.9. The zero-order chi connectivity index (χ0) is 22.7. The van der Waals surface area contributed by atoms with E-state index >= 15 is 0 Å². The predicted octanol–water partition coefficient (Wildman–Crippen LogP) is 4.50. The van der Waals surface area contributed by atoms with Crippen molar-refractivity contribution in [2.24, 2.45) is 5.92 Å². The highest BCUT2D eigenvalue weighted by Gasteiger charge is 2.43. The Labute approximate surface area is 189 Å². The number of methoxy groups -OCH3 is 1. The van der Waals surface area contributed by atoms with Crippen LogP contribution in [0.25, 0.3) is 5.57 Å². The number of piperidine rings is 1. The third kappa shape index (κ3) is 4.09. The molecule has 1 fully saturated rings. The zero-order valence-corrected chi connectivity index (χ0v) is 19.0. The van der Waals surface area contributed by atoms with E-state index in [0.717, 1.165) is 32.4 Å². The van der Waals surface area contributed by atoms with Gasteiger partial charge in [0.25, 0.3) is 11.8 Å². The van der Waals surface area contributed by atoms with Crippen molar-refractivity contribution in [2.45, 2.75) is 33.1 Å². The van der Waals surface area contributed by atoms with Crippen LogP contribution >= 0.6 is 0 Å². The molecule has 0 radical (unpaired) electrons. The Kier molecular flexibility index (Phi) is 6.49. The summed E-state index contributed by atoms with van der Waals surface area (Å²) in [5, 5.41) is 0. The molecule has 2 aromatic carbocycles. The second-order valence-corrected chi connectivity index (χ2v) is 8.38. The molecule has 2 aromatic rings. The molecule has 0 atom stereocenters. The lowest BCUT2D eigenvalue weighted by atomic mass is 9.97. The van der Waals surface area contributed by atoms with E-state index in [1.807, 2.05) is 43.3 Å². The van der Waals surface area contributed by atoms with Gasteiger partial charge in [0.1, 0.15) is 17.2 Å². The van der Waals surface area contributed by atoms with E-state index in [1.54, 1.807) is 19.2 Å². The maximum Gasteiger partial charge on any atom is 0.282 e. The Balaban J connectivity index is 1.78. The first-order valence-corrected chi connectivity index (χ1v) is 11.3. The smallest absolute Gasteiger partial charge is 0.282 e. The van der Waals surface area contributed by atoms with Gasteiger partial charge in [-0.3, -0.25) is 9.59 Å². The van der Waals surface area contributed by atoms with Crippen molar-refractivity contribution in [3.05, 3.63) is 59.8 Å². The lowest BCUT2D eigenvalue weighted by molar-refractivity contribution is -0.120. The highest BCUT2D eigenvalue weighted by Crippen LogP contribution is 2.39. The molecule has 0 aliphatic carbocycles. The molecule has 0 unspecified atom stereocenters. The standard InChI is InChI=1S/C26H30N2O4/c1-4-16-32-20-9-7-8-19(17-20)28-25(29)23(21-10-5-6-11-22(21)31-3)24(26(28)30)27-14-12-18(2)13-15-27/h5-11,17-18H,4,12-16H2,1-3H3. The number of carbonyl (C=O) groups is 2. The summed E-state index contributed by atoms with van der Waals surface area (Å²) in [6.07, 6.45) is 2.86. The summed E-state index contributed by atoms with van der Waals surface area (Å²) in [6, 6.07) is 14.6. The average Bonchev–Trinajstić information content (AvgIpc) is 3.08. The summed E-state index contributed by atoms with van der Waals surface area (Å²) in [6.45, 7) is 6.34. The van der Waals surface area contributed by atoms with Gasteiger partial charge in [-0.2, -0.15) is 0 Å². The van der Waals surface area contributed by atoms with E-state index in [1.165, 1.54) is 4.90 Å². The number of hydrogen-bond acceptors (Lipinski definition) is 5. The van der Waals surface area contributed by atoms with Gasteiger partial charge in [-0.25, -0.2) is 4.90 Å². The quantitative estimate of drug-likeness (QED) is 0.601. The van der Waals surface area contributed by atoms with Gasteiger partial charge in [-0.1, -0.05) is 38.1 Å². The summed E-state index contributed by atoms with van der Waals surface area (Å²) >= 11 is 0. The zero-order valence-electron chi connectivity index (χ0n) is 19.0. The monoisotopic (exact) mass is 434 g/mol. The second kappa shape index (κ2) is 9.47. The number of hydrogen-bond donors (Lipinski definition) is 0. The molecule has 0 saturated carbocycles. The van der Waals surface area contributed by atoms with E-state index in [2.05, 4.69) is 11.8 Å². The molecule has 2 aliphatic rings. The van der Waals surface area contributed by atoms with Crippen molar-refractivity contribution in [1.82, 2.24) is 4.90 Å². The maximum atomic E-state index is 13.8. The largest absolute Gasteiger partial charge is 0.496 e. The highest BCUT2D eigenvalue weighted by atomic mass is 16.5. The van der Waals surface area contributed by atoms with Crippen LogP contribution < -0.4 is 14.4 Å². The van der Waals surface area contributed by atoms with Crippen molar-refractivity contribution in [3.63, 3.8) is 0 Å². The fraction of sp³-hybridized carbons (Fsp3) is 0.385. The number of ether oxygens (including phenoxy) is 2. The predicted molar refractivity (Wildman–Crippen MR) is 125 cm³/mol. The van der Waals surface area contributed by atoms with Gasteiger partial charge in [0.15, 0.2) is 0 Å². The molecule has 6 nitrogen and oxygen atoms in total. The summed E-state index contributed by atoms with van der Waals surface area (Å²) in [5.74, 6) is 1.20. The van der Waals surface area contributed by atoms with Crippen LogP contribution in [0, 0.1) is 5.92 Å². The SMILES string of the molecule is CCCOc1cccc(N2C(=O)C(c3ccccc3OC)=C(N3CCC(C)CC3)C2=O)c1. The molecule has 168 valence electrons. The highest BCUT2D eigenvalue weighted by molar-refractivity contribution is 6.45. The van der Waals surface area contributed by atoms with Crippen molar-refractivity contribution in [3.8, 4) is 11.5 Å². The van der Waals surface area contributed by atoms with Crippen molar-refractivity contribution < 1.29 is 19.1 Å². The number of anilines is 1. The van der Waals surface area contributed by atoms with Crippen LogP contribution in [0.2, 0.25) is 0 Å². The molecular formula is C26H30N2O4.